The molecular weight excluding hydrogens is 866 g/mol. The van der Waals surface area contributed by atoms with Gasteiger partial charge in [0.25, 0.3) is 8.32 Å². The van der Waals surface area contributed by atoms with Gasteiger partial charge in [-0.3, -0.25) is 0 Å². The second-order valence-corrected chi connectivity index (χ2v) is 26.8. The molecule has 0 heterocycles. The van der Waals surface area contributed by atoms with Crippen LogP contribution < -0.4 is 10.4 Å². The summed E-state index contributed by atoms with van der Waals surface area (Å²) < 4.78 is 142. The molecule has 0 amide bonds. The lowest BCUT2D eigenvalue weighted by atomic mass is 9.91. The molecule has 306 valence electrons. The zero-order valence-electron chi connectivity index (χ0n) is 33.0. The Bertz CT molecular complexity index is 1490. The molecule has 3 atom stereocenters. The molecule has 2 aromatic carbocycles. The van der Waals surface area contributed by atoms with Crippen molar-refractivity contribution in [3.8, 4) is 0 Å². The van der Waals surface area contributed by atoms with Crippen LogP contribution in [0.15, 0.2) is 82.0 Å². The lowest BCUT2D eigenvalue weighted by molar-refractivity contribution is -0.396. The van der Waals surface area contributed by atoms with Crippen LogP contribution in [0.2, 0.25) is 22.2 Å². The third-order valence-electron chi connectivity index (χ3n) is 10.7. The summed E-state index contributed by atoms with van der Waals surface area (Å²) in [5.74, 6) is -19.8. The predicted octanol–water partition coefficient (Wildman–Crippen LogP) is 13.3. The average molecular weight is 923 g/mol. The SMILES string of the molecule is C/C=C(\C)[C@@H](O[Si](CCC(F)(F)C(F)(F)C(F)(F)C(F)(F)F)(C(C)C)C(C)C)C(C)C(C/C=C(\C)I)O[Si](c1ccccc1)(c1ccccc1)C(C)(C)C. The molecule has 0 aliphatic carbocycles. The summed E-state index contributed by atoms with van der Waals surface area (Å²) in [4.78, 5) is 0. The van der Waals surface area contributed by atoms with E-state index in [0.717, 1.165) is 14.0 Å². The first-order chi connectivity index (χ1) is 24.6. The number of alkyl halides is 9. The maximum absolute atomic E-state index is 15.1. The van der Waals surface area contributed by atoms with Crippen molar-refractivity contribution < 1.29 is 48.4 Å². The molecular formula is C40H56F9IO2Si2. The minimum atomic E-state index is -6.95. The van der Waals surface area contributed by atoms with Crippen molar-refractivity contribution in [2.24, 2.45) is 5.92 Å². The number of rotatable bonds is 18. The molecule has 0 fully saturated rings. The van der Waals surface area contributed by atoms with Gasteiger partial charge in [0.15, 0.2) is 8.32 Å². The van der Waals surface area contributed by atoms with Gasteiger partial charge in [-0.2, -0.15) is 39.5 Å². The molecule has 2 aromatic rings. The Morgan fingerprint density at radius 3 is 1.52 bits per heavy atom. The first-order valence-corrected chi connectivity index (χ1v) is 23.4. The molecule has 0 aromatic heterocycles. The Morgan fingerprint density at radius 1 is 0.722 bits per heavy atom. The van der Waals surface area contributed by atoms with E-state index in [1.165, 1.54) is 0 Å². The van der Waals surface area contributed by atoms with Gasteiger partial charge in [-0.05, 0) is 91.5 Å². The lowest BCUT2D eigenvalue weighted by Gasteiger charge is -2.49. The van der Waals surface area contributed by atoms with Crippen LogP contribution in [0.3, 0.4) is 0 Å². The van der Waals surface area contributed by atoms with E-state index in [1.807, 2.05) is 69.3 Å². The van der Waals surface area contributed by atoms with E-state index >= 15 is 8.78 Å². The molecule has 0 saturated carbocycles. The fraction of sp³-hybridized carbons (Fsp3) is 0.600. The van der Waals surface area contributed by atoms with Crippen molar-refractivity contribution in [3.63, 3.8) is 0 Å². The summed E-state index contributed by atoms with van der Waals surface area (Å²) in [7, 11) is -6.88. The molecule has 14 heteroatoms. The van der Waals surface area contributed by atoms with Gasteiger partial charge in [0, 0.05) is 12.3 Å². The molecule has 0 radical (unpaired) electrons. The van der Waals surface area contributed by atoms with Gasteiger partial charge < -0.3 is 8.85 Å². The Morgan fingerprint density at radius 2 is 1.17 bits per heavy atom. The van der Waals surface area contributed by atoms with Crippen LogP contribution in [0.5, 0.6) is 0 Å². The standard InChI is InChI=1S/C40H56F9IO2Si2/c1-12-29(6)35(52-53(27(2)3,28(4)5)26-25-37(41,42)38(43,44)39(45,46)40(47,48)49)31(8)34(24-23-30(7)50)51-54(36(9,10)11,32-19-15-13-16-20-32)33-21-17-14-18-22-33/h12-23,27-28,31,34-35H,24-26H2,1-11H3/b29-12+,30-23+/t31?,34?,35-/m1/s1. The van der Waals surface area contributed by atoms with Crippen molar-refractivity contribution in [2.45, 2.75) is 147 Å². The molecule has 0 aliphatic rings. The van der Waals surface area contributed by atoms with Crippen molar-refractivity contribution >= 4 is 49.6 Å². The second-order valence-electron chi connectivity index (χ2n) is 15.9. The molecule has 0 aliphatic heterocycles. The van der Waals surface area contributed by atoms with Gasteiger partial charge in [-0.25, -0.2) is 0 Å². The summed E-state index contributed by atoms with van der Waals surface area (Å²) in [6, 6.07) is 19.2. The van der Waals surface area contributed by atoms with Crippen molar-refractivity contribution in [1.29, 1.82) is 0 Å². The Labute approximate surface area is 331 Å². The Balaban J connectivity index is 2.81. The molecule has 0 saturated heterocycles. The van der Waals surface area contributed by atoms with Crippen LogP contribution in [0, 0.1) is 5.92 Å². The normalized spacial score (nSPS) is 16.6. The van der Waals surface area contributed by atoms with Gasteiger partial charge in [-0.1, -0.05) is 128 Å². The molecule has 0 N–H and O–H groups in total. The summed E-state index contributed by atoms with van der Waals surface area (Å²) in [5, 5.41) is 1.65. The highest BCUT2D eigenvalue weighted by molar-refractivity contribution is 14.1. The van der Waals surface area contributed by atoms with E-state index in [-0.39, 0.29) is 0 Å². The molecule has 0 spiro atoms. The molecule has 2 nitrogen and oxygen atoms in total. The van der Waals surface area contributed by atoms with Crippen LogP contribution in [-0.4, -0.2) is 52.8 Å². The number of halogens is 10. The number of benzene rings is 2. The Kier molecular flexibility index (Phi) is 16.5. The van der Waals surface area contributed by atoms with Crippen LogP contribution in [0.4, 0.5) is 39.5 Å². The van der Waals surface area contributed by atoms with E-state index in [2.05, 4.69) is 67.6 Å². The zero-order valence-corrected chi connectivity index (χ0v) is 37.2. The van der Waals surface area contributed by atoms with E-state index in [9.17, 15) is 30.7 Å². The predicted molar refractivity (Wildman–Crippen MR) is 215 cm³/mol. The molecule has 0 bridgehead atoms. The van der Waals surface area contributed by atoms with Crippen LogP contribution in [0.1, 0.15) is 89.0 Å². The van der Waals surface area contributed by atoms with Gasteiger partial charge in [0.05, 0.1) is 12.2 Å². The lowest BCUT2D eigenvalue weighted by Crippen LogP contribution is -2.68. The second kappa shape index (κ2) is 18.3. The summed E-state index contributed by atoms with van der Waals surface area (Å²) in [6.07, 6.45) is -5.84. The maximum Gasteiger partial charge on any atom is 0.460 e. The summed E-state index contributed by atoms with van der Waals surface area (Å²) in [5.41, 5.74) is -0.318. The van der Waals surface area contributed by atoms with Gasteiger partial charge in [-0.15, -0.1) is 0 Å². The van der Waals surface area contributed by atoms with Crippen LogP contribution >= 0.6 is 22.6 Å². The number of hydrogen-bond acceptors (Lipinski definition) is 2. The number of allylic oxidation sites excluding steroid dienone is 2. The highest BCUT2D eigenvalue weighted by Gasteiger charge is 2.81. The minimum Gasteiger partial charge on any atom is -0.409 e. The largest absolute Gasteiger partial charge is 0.460 e. The Hall–Kier alpha value is -1.63. The monoisotopic (exact) mass is 922 g/mol. The van der Waals surface area contributed by atoms with E-state index in [0.29, 0.717) is 12.0 Å². The van der Waals surface area contributed by atoms with Crippen LogP contribution in [-0.2, 0) is 8.85 Å². The van der Waals surface area contributed by atoms with Crippen LogP contribution in [0.25, 0.3) is 0 Å². The first kappa shape index (κ1) is 48.5. The summed E-state index contributed by atoms with van der Waals surface area (Å²) in [6.45, 7) is 20.7. The quantitative estimate of drug-likeness (QED) is 0.0642. The third-order valence-corrected chi connectivity index (χ3v) is 21.8. The topological polar surface area (TPSA) is 18.5 Å². The molecule has 54 heavy (non-hydrogen) atoms. The minimum absolute atomic E-state index is 0.410. The zero-order chi connectivity index (χ0) is 41.7. The van der Waals surface area contributed by atoms with Gasteiger partial charge in [0.1, 0.15) is 0 Å². The first-order valence-electron chi connectivity index (χ1n) is 18.2. The fourth-order valence-electron chi connectivity index (χ4n) is 7.27. The van der Waals surface area contributed by atoms with E-state index < -0.39 is 87.3 Å². The van der Waals surface area contributed by atoms with Crippen molar-refractivity contribution in [1.82, 2.24) is 0 Å². The third kappa shape index (κ3) is 10.1. The molecule has 2 unspecified atom stereocenters. The van der Waals surface area contributed by atoms with E-state index in [4.69, 9.17) is 8.85 Å². The van der Waals surface area contributed by atoms with Crippen molar-refractivity contribution in [3.05, 3.63) is 82.0 Å². The fourth-order valence-corrected chi connectivity index (χ4v) is 17.0. The number of hydrogen-bond donors (Lipinski definition) is 0. The van der Waals surface area contributed by atoms with Gasteiger partial charge >= 0.3 is 23.9 Å². The van der Waals surface area contributed by atoms with E-state index in [1.54, 1.807) is 34.6 Å². The summed E-state index contributed by atoms with van der Waals surface area (Å²) >= 11 is 2.21. The maximum atomic E-state index is 15.1. The molecule has 2 rings (SSSR count). The highest BCUT2D eigenvalue weighted by atomic mass is 127. The van der Waals surface area contributed by atoms with Gasteiger partial charge in [0.2, 0.25) is 0 Å². The van der Waals surface area contributed by atoms with Crippen molar-refractivity contribution in [2.75, 3.05) is 0 Å². The smallest absolute Gasteiger partial charge is 0.409 e. The average Bonchev–Trinajstić information content (AvgIpc) is 3.07. The highest BCUT2D eigenvalue weighted by Crippen LogP contribution is 2.55.